The number of benzene rings is 2. The molecule has 0 saturated carbocycles. The van der Waals surface area contributed by atoms with E-state index in [9.17, 15) is 9.65 Å². The summed E-state index contributed by atoms with van der Waals surface area (Å²) in [6.45, 7) is 1.67. The normalized spacial score (nSPS) is 14.2. The second-order valence-corrected chi connectivity index (χ2v) is 7.18. The molecule has 5 rings (SSSR count). The average molecular weight is 384 g/mol. The topological polar surface area (TPSA) is 79.4 Å². The number of aryl methyl sites for hydroxylation is 1. The molecule has 0 saturated heterocycles. The van der Waals surface area contributed by atoms with Crippen LogP contribution in [0.5, 0.6) is 0 Å². The first-order valence-corrected chi connectivity index (χ1v) is 9.37. The zero-order chi connectivity index (χ0) is 20.0. The molecule has 0 amide bonds. The van der Waals surface area contributed by atoms with Crippen molar-refractivity contribution in [2.45, 2.75) is 6.42 Å². The van der Waals surface area contributed by atoms with Crippen molar-refractivity contribution in [3.63, 3.8) is 0 Å². The Morgan fingerprint density at radius 3 is 2.83 bits per heavy atom. The molecule has 1 aliphatic rings. The summed E-state index contributed by atoms with van der Waals surface area (Å²) in [6, 6.07) is 10.9. The Bertz CT molecular complexity index is 1350. The number of fused-ring (bicyclic) bond motifs is 2. The zero-order valence-corrected chi connectivity index (χ0v) is 15.8. The first-order valence-electron chi connectivity index (χ1n) is 9.37. The fourth-order valence-corrected chi connectivity index (χ4v) is 3.80. The zero-order valence-electron chi connectivity index (χ0n) is 15.8. The molecule has 0 spiro atoms. The van der Waals surface area contributed by atoms with Crippen molar-refractivity contribution < 1.29 is 4.39 Å². The van der Waals surface area contributed by atoms with Gasteiger partial charge in [-0.15, -0.1) is 10.2 Å². The number of nitrogens with zero attached hydrogens (tertiary/aromatic N) is 5. The van der Waals surface area contributed by atoms with Gasteiger partial charge in [-0.2, -0.15) is 10.4 Å². The van der Waals surface area contributed by atoms with E-state index in [4.69, 9.17) is 0 Å². The summed E-state index contributed by atoms with van der Waals surface area (Å²) in [5.74, 6) is -0.323. The van der Waals surface area contributed by atoms with Crippen molar-refractivity contribution in [2.24, 2.45) is 7.05 Å². The van der Waals surface area contributed by atoms with E-state index in [0.717, 1.165) is 36.0 Å². The van der Waals surface area contributed by atoms with Gasteiger partial charge in [-0.05, 0) is 54.4 Å². The van der Waals surface area contributed by atoms with Crippen LogP contribution in [0.4, 0.5) is 4.39 Å². The van der Waals surface area contributed by atoms with Crippen molar-refractivity contribution in [2.75, 3.05) is 13.1 Å². The molecular weight excluding hydrogens is 367 g/mol. The second-order valence-electron chi connectivity index (χ2n) is 7.18. The smallest absolute Gasteiger partial charge is 0.133 e. The molecule has 0 fully saturated rings. The van der Waals surface area contributed by atoms with Crippen molar-refractivity contribution in [3.8, 4) is 17.3 Å². The van der Waals surface area contributed by atoms with E-state index < -0.39 is 0 Å². The van der Waals surface area contributed by atoms with Crippen molar-refractivity contribution in [1.29, 1.82) is 5.26 Å². The quantitative estimate of drug-likeness (QED) is 0.572. The lowest BCUT2D eigenvalue weighted by molar-refractivity contribution is 0.638. The maximum atomic E-state index is 14.9. The van der Waals surface area contributed by atoms with E-state index in [1.807, 2.05) is 18.3 Å². The van der Waals surface area contributed by atoms with Gasteiger partial charge in [-0.25, -0.2) is 4.39 Å². The van der Waals surface area contributed by atoms with Crippen LogP contribution in [0.25, 0.3) is 38.6 Å². The van der Waals surface area contributed by atoms with Crippen LogP contribution in [0.3, 0.4) is 0 Å². The fraction of sp³-hybridized carbons (Fsp3) is 0.182. The van der Waals surface area contributed by atoms with Crippen LogP contribution in [0.15, 0.2) is 42.6 Å². The second kappa shape index (κ2) is 6.76. The molecular formula is C22H17FN6. The highest BCUT2D eigenvalue weighted by molar-refractivity contribution is 5.91. The lowest BCUT2D eigenvalue weighted by Gasteiger charge is -2.15. The molecule has 0 unspecified atom stereocenters. The van der Waals surface area contributed by atoms with Gasteiger partial charge < -0.3 is 5.32 Å². The van der Waals surface area contributed by atoms with Crippen molar-refractivity contribution in [1.82, 2.24) is 25.3 Å². The van der Waals surface area contributed by atoms with Crippen LogP contribution in [-0.4, -0.2) is 33.1 Å². The number of nitrogens with one attached hydrogen (secondary N) is 1. The van der Waals surface area contributed by atoms with Gasteiger partial charge >= 0.3 is 0 Å². The lowest BCUT2D eigenvalue weighted by atomic mass is 9.98. The molecule has 7 heteroatoms. The van der Waals surface area contributed by atoms with Gasteiger partial charge in [0.1, 0.15) is 17.4 Å². The Morgan fingerprint density at radius 2 is 2.03 bits per heavy atom. The van der Waals surface area contributed by atoms with Gasteiger partial charge in [0.25, 0.3) is 0 Å². The number of aromatic nitrogens is 4. The fourth-order valence-electron chi connectivity index (χ4n) is 3.80. The first-order chi connectivity index (χ1) is 14.1. The largest absolute Gasteiger partial charge is 0.313 e. The monoisotopic (exact) mass is 384 g/mol. The minimum atomic E-state index is -0.323. The molecule has 142 valence electrons. The SMILES string of the molecule is Cn1cc2cc(-c3cc4c(F)cc(C5=CCNCC5)cc4nn3)cc(C#N)c2n1. The Labute approximate surface area is 166 Å². The van der Waals surface area contributed by atoms with E-state index >= 15 is 0 Å². The van der Waals surface area contributed by atoms with Gasteiger partial charge in [0.15, 0.2) is 0 Å². The summed E-state index contributed by atoms with van der Waals surface area (Å²) in [6.07, 6.45) is 4.78. The molecule has 0 bridgehead atoms. The van der Waals surface area contributed by atoms with Crippen molar-refractivity contribution >= 4 is 27.4 Å². The van der Waals surface area contributed by atoms with Gasteiger partial charge in [0.2, 0.25) is 0 Å². The summed E-state index contributed by atoms with van der Waals surface area (Å²) in [5.41, 5.74) is 4.81. The molecule has 3 heterocycles. The highest BCUT2D eigenvalue weighted by atomic mass is 19.1. The molecule has 4 aromatic rings. The highest BCUT2D eigenvalue weighted by Crippen LogP contribution is 2.30. The molecule has 1 N–H and O–H groups in total. The summed E-state index contributed by atoms with van der Waals surface area (Å²) in [5, 5.41) is 26.9. The molecule has 29 heavy (non-hydrogen) atoms. The van der Waals surface area contributed by atoms with Crippen LogP contribution < -0.4 is 5.32 Å². The summed E-state index contributed by atoms with van der Waals surface area (Å²) in [7, 11) is 1.81. The van der Waals surface area contributed by atoms with Crippen molar-refractivity contribution in [3.05, 3.63) is 59.5 Å². The van der Waals surface area contributed by atoms with Crippen LogP contribution in [0.1, 0.15) is 17.5 Å². The first kappa shape index (κ1) is 17.5. The standard InChI is InChI=1S/C22H17FN6/c1-29-12-17-7-15(6-16(11-24)22(17)28-29)20-10-18-19(23)8-14(9-21(18)27-26-20)13-2-4-25-5-3-13/h2,6-10,12,25H,3-5H2,1H3. The van der Waals surface area contributed by atoms with E-state index in [1.165, 1.54) is 0 Å². The summed E-state index contributed by atoms with van der Waals surface area (Å²) >= 11 is 0. The Hall–Kier alpha value is -3.63. The van der Waals surface area contributed by atoms with Gasteiger partial charge in [0.05, 0.1) is 16.8 Å². The Morgan fingerprint density at radius 1 is 1.14 bits per heavy atom. The third-order valence-electron chi connectivity index (χ3n) is 5.23. The molecule has 0 aliphatic carbocycles. The molecule has 0 atom stereocenters. The predicted octanol–water partition coefficient (Wildman–Crippen LogP) is 3.57. The Kier molecular flexibility index (Phi) is 4.07. The minimum Gasteiger partial charge on any atom is -0.313 e. The summed E-state index contributed by atoms with van der Waals surface area (Å²) in [4.78, 5) is 0. The maximum Gasteiger partial charge on any atom is 0.133 e. The number of halogens is 1. The average Bonchev–Trinajstić information content (AvgIpc) is 3.13. The molecule has 2 aromatic heterocycles. The van der Waals surface area contributed by atoms with Gasteiger partial charge in [0, 0.05) is 36.1 Å². The summed E-state index contributed by atoms with van der Waals surface area (Å²) < 4.78 is 16.6. The molecule has 2 aromatic carbocycles. The number of hydrogen-bond donors (Lipinski definition) is 1. The predicted molar refractivity (Wildman–Crippen MR) is 109 cm³/mol. The highest BCUT2D eigenvalue weighted by Gasteiger charge is 2.14. The number of hydrogen-bond acceptors (Lipinski definition) is 5. The van der Waals surface area contributed by atoms with E-state index in [0.29, 0.717) is 33.2 Å². The van der Waals surface area contributed by atoms with E-state index in [-0.39, 0.29) is 5.82 Å². The lowest BCUT2D eigenvalue weighted by Crippen LogP contribution is -2.20. The van der Waals surface area contributed by atoms with Crippen LogP contribution in [-0.2, 0) is 7.05 Å². The maximum absolute atomic E-state index is 14.9. The third kappa shape index (κ3) is 3.04. The molecule has 1 aliphatic heterocycles. The van der Waals surface area contributed by atoms with Gasteiger partial charge in [-0.1, -0.05) is 6.08 Å². The third-order valence-corrected chi connectivity index (χ3v) is 5.23. The number of rotatable bonds is 2. The van der Waals surface area contributed by atoms with E-state index in [1.54, 1.807) is 29.9 Å². The van der Waals surface area contributed by atoms with Crippen LogP contribution in [0, 0.1) is 17.1 Å². The van der Waals surface area contributed by atoms with Crippen LogP contribution in [0.2, 0.25) is 0 Å². The minimum absolute atomic E-state index is 0.323. The van der Waals surface area contributed by atoms with Crippen LogP contribution >= 0.6 is 0 Å². The number of nitriles is 1. The van der Waals surface area contributed by atoms with E-state index in [2.05, 4.69) is 32.8 Å². The van der Waals surface area contributed by atoms with Gasteiger partial charge in [-0.3, -0.25) is 4.68 Å². The molecule has 0 radical (unpaired) electrons. The molecule has 6 nitrogen and oxygen atoms in total. The Balaban J connectivity index is 1.63.